The van der Waals surface area contributed by atoms with Crippen molar-refractivity contribution in [3.05, 3.63) is 90.0 Å². The zero-order valence-corrected chi connectivity index (χ0v) is 18.5. The molecule has 0 atom stereocenters. The highest BCUT2D eigenvalue weighted by atomic mass is 35.5. The molecule has 6 heteroatoms. The van der Waals surface area contributed by atoms with Gasteiger partial charge in [0.25, 0.3) is 0 Å². The summed E-state index contributed by atoms with van der Waals surface area (Å²) >= 11 is 0. The summed E-state index contributed by atoms with van der Waals surface area (Å²) in [6.07, 6.45) is 1.85. The van der Waals surface area contributed by atoms with Gasteiger partial charge in [-0.2, -0.15) is 0 Å². The average molecular weight is 443 g/mol. The molecule has 3 aromatic carbocycles. The predicted molar refractivity (Wildman–Crippen MR) is 124 cm³/mol. The van der Waals surface area contributed by atoms with E-state index in [2.05, 4.69) is 33.9 Å². The number of rotatable bonds is 7. The summed E-state index contributed by atoms with van der Waals surface area (Å²) in [6, 6.07) is 25.4. The standard InChI is InChI=1S/C24H26N2O2S.ClH/c27-29(28,24-14-7-6-13-23(24)21-10-2-1-3-11-21)25-16-8-17-26-18-15-20-9-4-5-12-22(20)19-26;/h1-7,9-14,25H,8,15-19H2;1H. The lowest BCUT2D eigenvalue weighted by molar-refractivity contribution is 0.251. The topological polar surface area (TPSA) is 49.4 Å². The third-order valence-corrected chi connectivity index (χ3v) is 6.93. The number of nitrogens with zero attached hydrogens (tertiary/aromatic N) is 1. The normalized spacial score (nSPS) is 14.0. The lowest BCUT2D eigenvalue weighted by Crippen LogP contribution is -2.33. The molecule has 4 nitrogen and oxygen atoms in total. The Labute approximate surface area is 185 Å². The van der Waals surface area contributed by atoms with Crippen molar-refractivity contribution < 1.29 is 8.42 Å². The van der Waals surface area contributed by atoms with Crippen LogP contribution in [0.4, 0.5) is 0 Å². The molecule has 0 fully saturated rings. The molecular formula is C24H27ClN2O2S. The van der Waals surface area contributed by atoms with Crippen LogP contribution in [0.25, 0.3) is 11.1 Å². The van der Waals surface area contributed by atoms with Crippen LogP contribution in [-0.4, -0.2) is 33.0 Å². The summed E-state index contributed by atoms with van der Waals surface area (Å²) in [5, 5.41) is 0. The lowest BCUT2D eigenvalue weighted by Gasteiger charge is -2.28. The van der Waals surface area contributed by atoms with Gasteiger partial charge >= 0.3 is 0 Å². The van der Waals surface area contributed by atoms with Crippen LogP contribution in [0, 0.1) is 0 Å². The molecular weight excluding hydrogens is 416 g/mol. The Morgan fingerprint density at radius 2 is 1.50 bits per heavy atom. The van der Waals surface area contributed by atoms with Crippen LogP contribution in [0.2, 0.25) is 0 Å². The van der Waals surface area contributed by atoms with E-state index in [-0.39, 0.29) is 12.4 Å². The van der Waals surface area contributed by atoms with Crippen molar-refractivity contribution in [3.8, 4) is 11.1 Å². The van der Waals surface area contributed by atoms with Crippen molar-refractivity contribution in [3.63, 3.8) is 0 Å². The Morgan fingerprint density at radius 3 is 2.30 bits per heavy atom. The second-order valence-electron chi connectivity index (χ2n) is 7.41. The summed E-state index contributed by atoms with van der Waals surface area (Å²) in [7, 11) is -3.56. The number of fused-ring (bicyclic) bond motifs is 1. The second kappa shape index (κ2) is 10.2. The molecule has 158 valence electrons. The maximum Gasteiger partial charge on any atom is 0.241 e. The number of hydrogen-bond acceptors (Lipinski definition) is 3. The zero-order valence-electron chi connectivity index (χ0n) is 16.8. The monoisotopic (exact) mass is 442 g/mol. The fourth-order valence-electron chi connectivity index (χ4n) is 3.89. The van der Waals surface area contributed by atoms with Gasteiger partial charge in [0.05, 0.1) is 4.90 Å². The van der Waals surface area contributed by atoms with Crippen LogP contribution < -0.4 is 4.72 Å². The van der Waals surface area contributed by atoms with Gasteiger partial charge in [0, 0.05) is 25.2 Å². The summed E-state index contributed by atoms with van der Waals surface area (Å²) in [5.74, 6) is 0. The molecule has 0 unspecified atom stereocenters. The van der Waals surface area contributed by atoms with Crippen molar-refractivity contribution in [2.75, 3.05) is 19.6 Å². The second-order valence-corrected chi connectivity index (χ2v) is 9.14. The van der Waals surface area contributed by atoms with Crippen LogP contribution >= 0.6 is 12.4 Å². The van der Waals surface area contributed by atoms with Crippen LogP contribution in [0.3, 0.4) is 0 Å². The van der Waals surface area contributed by atoms with Gasteiger partial charge in [-0.05, 0) is 42.1 Å². The highest BCUT2D eigenvalue weighted by Gasteiger charge is 2.19. The molecule has 1 N–H and O–H groups in total. The zero-order chi connectivity index (χ0) is 20.1. The molecule has 0 amide bonds. The van der Waals surface area contributed by atoms with Crippen molar-refractivity contribution in [2.45, 2.75) is 24.3 Å². The van der Waals surface area contributed by atoms with Gasteiger partial charge < -0.3 is 0 Å². The molecule has 0 radical (unpaired) electrons. The van der Waals surface area contributed by atoms with Crippen molar-refractivity contribution >= 4 is 22.4 Å². The Morgan fingerprint density at radius 1 is 0.833 bits per heavy atom. The SMILES string of the molecule is Cl.O=S(=O)(NCCCN1CCc2ccccc2C1)c1ccccc1-c1ccccc1. The number of hydrogen-bond donors (Lipinski definition) is 1. The van der Waals surface area contributed by atoms with Gasteiger partial charge in [0.15, 0.2) is 0 Å². The molecule has 1 aliphatic rings. The Balaban J connectivity index is 0.00000256. The van der Waals surface area contributed by atoms with Crippen LogP contribution in [0.5, 0.6) is 0 Å². The summed E-state index contributed by atoms with van der Waals surface area (Å²) < 4.78 is 28.6. The first-order chi connectivity index (χ1) is 14.1. The lowest BCUT2D eigenvalue weighted by atomic mass is 10.00. The molecule has 1 aliphatic heterocycles. The fraction of sp³-hybridized carbons (Fsp3) is 0.250. The number of halogens is 1. The van der Waals surface area contributed by atoms with Gasteiger partial charge in [-0.3, -0.25) is 4.90 Å². The molecule has 0 aromatic heterocycles. The van der Waals surface area contributed by atoms with E-state index in [0.717, 1.165) is 43.6 Å². The Bertz CT molecular complexity index is 1070. The minimum absolute atomic E-state index is 0. The van der Waals surface area contributed by atoms with Gasteiger partial charge in [0.1, 0.15) is 0 Å². The Hall–Kier alpha value is -2.18. The molecule has 3 aromatic rings. The summed E-state index contributed by atoms with van der Waals surface area (Å²) in [4.78, 5) is 2.73. The minimum Gasteiger partial charge on any atom is -0.299 e. The minimum atomic E-state index is -3.56. The van der Waals surface area contributed by atoms with E-state index in [0.29, 0.717) is 11.4 Å². The number of sulfonamides is 1. The largest absolute Gasteiger partial charge is 0.299 e. The number of nitrogens with one attached hydrogen (secondary N) is 1. The van der Waals surface area contributed by atoms with E-state index >= 15 is 0 Å². The van der Waals surface area contributed by atoms with Gasteiger partial charge in [-0.25, -0.2) is 13.1 Å². The molecule has 0 aliphatic carbocycles. The van der Waals surface area contributed by atoms with Crippen LogP contribution in [-0.2, 0) is 23.0 Å². The third kappa shape index (κ3) is 5.29. The van der Waals surface area contributed by atoms with E-state index < -0.39 is 10.0 Å². The van der Waals surface area contributed by atoms with Gasteiger partial charge in [0.2, 0.25) is 10.0 Å². The highest BCUT2D eigenvalue weighted by Crippen LogP contribution is 2.26. The first-order valence-corrected chi connectivity index (χ1v) is 11.5. The van der Waals surface area contributed by atoms with Gasteiger partial charge in [-0.15, -0.1) is 12.4 Å². The molecule has 4 rings (SSSR count). The van der Waals surface area contributed by atoms with E-state index in [1.54, 1.807) is 12.1 Å². The Kier molecular flexibility index (Phi) is 7.67. The molecule has 0 bridgehead atoms. The van der Waals surface area contributed by atoms with Crippen LogP contribution in [0.1, 0.15) is 17.5 Å². The number of benzene rings is 3. The van der Waals surface area contributed by atoms with E-state index in [1.807, 2.05) is 42.5 Å². The van der Waals surface area contributed by atoms with E-state index in [1.165, 1.54) is 11.1 Å². The maximum absolute atomic E-state index is 12.9. The molecule has 1 heterocycles. The van der Waals surface area contributed by atoms with Crippen molar-refractivity contribution in [2.24, 2.45) is 0 Å². The van der Waals surface area contributed by atoms with Crippen molar-refractivity contribution in [1.82, 2.24) is 9.62 Å². The molecule has 0 saturated carbocycles. The van der Waals surface area contributed by atoms with Gasteiger partial charge in [-0.1, -0.05) is 72.8 Å². The fourth-order valence-corrected chi connectivity index (χ4v) is 5.19. The van der Waals surface area contributed by atoms with Crippen LogP contribution in [0.15, 0.2) is 83.8 Å². The predicted octanol–water partition coefficient (Wildman–Crippen LogP) is 4.50. The first kappa shape index (κ1) is 22.5. The van der Waals surface area contributed by atoms with E-state index in [9.17, 15) is 8.42 Å². The first-order valence-electron chi connectivity index (χ1n) is 10.1. The third-order valence-electron chi connectivity index (χ3n) is 5.41. The van der Waals surface area contributed by atoms with Crippen molar-refractivity contribution in [1.29, 1.82) is 0 Å². The maximum atomic E-state index is 12.9. The molecule has 30 heavy (non-hydrogen) atoms. The van der Waals surface area contributed by atoms with E-state index in [4.69, 9.17) is 0 Å². The highest BCUT2D eigenvalue weighted by molar-refractivity contribution is 7.89. The summed E-state index contributed by atoms with van der Waals surface area (Å²) in [6.45, 7) is 3.29. The molecule has 0 spiro atoms. The molecule has 0 saturated heterocycles. The quantitative estimate of drug-likeness (QED) is 0.548. The average Bonchev–Trinajstić information content (AvgIpc) is 2.77. The summed E-state index contributed by atoms with van der Waals surface area (Å²) in [5.41, 5.74) is 4.45. The smallest absolute Gasteiger partial charge is 0.241 e.